The van der Waals surface area contributed by atoms with Gasteiger partial charge in [0.25, 0.3) is 11.8 Å². The molecule has 0 bridgehead atoms. The summed E-state index contributed by atoms with van der Waals surface area (Å²) in [6.07, 6.45) is 9.36. The van der Waals surface area contributed by atoms with Crippen molar-refractivity contribution in [3.63, 3.8) is 0 Å². The van der Waals surface area contributed by atoms with Crippen LogP contribution in [-0.4, -0.2) is 58.2 Å². The molecule has 0 unspecified atom stereocenters. The molecule has 0 spiro atoms. The average Bonchev–Trinajstić information content (AvgIpc) is 2.99. The predicted molar refractivity (Wildman–Crippen MR) is 110 cm³/mol. The number of carbonyl (C=O) groups excluding carboxylic acids is 3. The summed E-state index contributed by atoms with van der Waals surface area (Å²) in [5, 5.41) is 0. The third-order valence-electron chi connectivity index (χ3n) is 6.54. The number of imide groups is 1. The number of fused-ring (bicyclic) bond motifs is 2. The summed E-state index contributed by atoms with van der Waals surface area (Å²) in [4.78, 5) is 42.9. The Kier molecular flexibility index (Phi) is 5.76. The van der Waals surface area contributed by atoms with E-state index in [0.717, 1.165) is 31.6 Å². The Morgan fingerprint density at radius 3 is 2.39 bits per heavy atom. The van der Waals surface area contributed by atoms with Gasteiger partial charge in [0.05, 0.1) is 11.1 Å². The lowest BCUT2D eigenvalue weighted by atomic mass is 9.78. The second kappa shape index (κ2) is 8.27. The van der Waals surface area contributed by atoms with Gasteiger partial charge in [0.2, 0.25) is 5.91 Å². The van der Waals surface area contributed by atoms with E-state index in [1.165, 1.54) is 24.2 Å². The topological polar surface area (TPSA) is 57.7 Å². The molecule has 3 aliphatic rings. The van der Waals surface area contributed by atoms with E-state index < -0.39 is 6.04 Å². The number of nitrogens with zero attached hydrogens (tertiary/aromatic N) is 2. The van der Waals surface area contributed by atoms with Gasteiger partial charge in [0, 0.05) is 12.6 Å². The highest BCUT2D eigenvalue weighted by atomic mass is 32.2. The number of amides is 3. The van der Waals surface area contributed by atoms with Crippen LogP contribution in [0.5, 0.6) is 0 Å². The summed E-state index contributed by atoms with van der Waals surface area (Å²) < 4.78 is 0. The first kappa shape index (κ1) is 19.5. The largest absolute Gasteiger partial charge is 0.338 e. The number of hydrogen-bond acceptors (Lipinski definition) is 4. The molecule has 3 atom stereocenters. The molecular weight excluding hydrogens is 372 g/mol. The van der Waals surface area contributed by atoms with Crippen molar-refractivity contribution in [2.45, 2.75) is 57.0 Å². The predicted octanol–water partition coefficient (Wildman–Crippen LogP) is 3.59. The standard InChI is InChI=1S/C22H28N2O3S/c1-28-14-12-19(24-20(25)16-9-3-4-10-17(16)21(24)26)22(27)23-13-6-8-15-7-2-5-11-18(15)23/h3-4,9-10,15,18-19H,2,5-8,11-14H2,1H3/t15-,18-,19+/m0/s1. The molecule has 1 saturated heterocycles. The van der Waals surface area contributed by atoms with Crippen molar-refractivity contribution in [2.75, 3.05) is 18.6 Å². The summed E-state index contributed by atoms with van der Waals surface area (Å²) in [6, 6.07) is 6.49. The van der Waals surface area contributed by atoms with E-state index in [0.29, 0.717) is 23.5 Å². The first-order valence-corrected chi connectivity index (χ1v) is 11.8. The van der Waals surface area contributed by atoms with Gasteiger partial charge < -0.3 is 4.90 Å². The van der Waals surface area contributed by atoms with E-state index in [-0.39, 0.29) is 23.8 Å². The molecule has 1 aromatic rings. The summed E-state index contributed by atoms with van der Waals surface area (Å²) in [7, 11) is 0. The molecule has 1 aromatic carbocycles. The van der Waals surface area contributed by atoms with Crippen LogP contribution < -0.4 is 0 Å². The van der Waals surface area contributed by atoms with Crippen LogP contribution in [-0.2, 0) is 4.79 Å². The fraction of sp³-hybridized carbons (Fsp3) is 0.591. The molecule has 3 amide bonds. The minimum absolute atomic E-state index is 0.0276. The van der Waals surface area contributed by atoms with Gasteiger partial charge in [-0.1, -0.05) is 25.0 Å². The molecule has 2 aliphatic heterocycles. The lowest BCUT2D eigenvalue weighted by Crippen LogP contribution is -2.57. The van der Waals surface area contributed by atoms with Crippen molar-refractivity contribution in [1.29, 1.82) is 0 Å². The SMILES string of the molecule is CSCC[C@H](C(=O)N1CCC[C@@H]2CCCC[C@@H]21)N1C(=O)c2ccccc2C1=O. The van der Waals surface area contributed by atoms with Crippen LogP contribution >= 0.6 is 11.8 Å². The van der Waals surface area contributed by atoms with E-state index in [1.807, 2.05) is 11.2 Å². The zero-order valence-electron chi connectivity index (χ0n) is 16.4. The Bertz CT molecular complexity index is 744. The molecule has 1 saturated carbocycles. The maximum absolute atomic E-state index is 13.7. The molecule has 0 aromatic heterocycles. The number of piperidine rings is 1. The Hall–Kier alpha value is -1.82. The zero-order chi connectivity index (χ0) is 19.7. The van der Waals surface area contributed by atoms with Gasteiger partial charge in [-0.15, -0.1) is 0 Å². The molecule has 150 valence electrons. The zero-order valence-corrected chi connectivity index (χ0v) is 17.2. The second-order valence-corrected chi connectivity index (χ2v) is 9.09. The summed E-state index contributed by atoms with van der Waals surface area (Å²) in [5.74, 6) is 0.649. The number of likely N-dealkylation sites (tertiary alicyclic amines) is 1. The smallest absolute Gasteiger partial charge is 0.262 e. The first-order valence-electron chi connectivity index (χ1n) is 10.4. The van der Waals surface area contributed by atoms with Crippen LogP contribution in [0.4, 0.5) is 0 Å². The first-order chi connectivity index (χ1) is 13.6. The molecule has 2 heterocycles. The van der Waals surface area contributed by atoms with E-state index in [9.17, 15) is 14.4 Å². The van der Waals surface area contributed by atoms with Crippen LogP contribution in [0.1, 0.15) is 65.7 Å². The van der Waals surface area contributed by atoms with Gasteiger partial charge >= 0.3 is 0 Å². The van der Waals surface area contributed by atoms with Crippen molar-refractivity contribution >= 4 is 29.5 Å². The Morgan fingerprint density at radius 1 is 1.07 bits per heavy atom. The van der Waals surface area contributed by atoms with Crippen LogP contribution in [0.2, 0.25) is 0 Å². The van der Waals surface area contributed by atoms with Crippen LogP contribution in [0, 0.1) is 5.92 Å². The molecule has 1 aliphatic carbocycles. The molecule has 28 heavy (non-hydrogen) atoms. The minimum Gasteiger partial charge on any atom is -0.338 e. The van der Waals surface area contributed by atoms with Crippen LogP contribution in [0.15, 0.2) is 24.3 Å². The Balaban J connectivity index is 1.62. The second-order valence-electron chi connectivity index (χ2n) is 8.11. The Morgan fingerprint density at radius 2 is 1.71 bits per heavy atom. The lowest BCUT2D eigenvalue weighted by molar-refractivity contribution is -0.142. The number of hydrogen-bond donors (Lipinski definition) is 0. The summed E-state index contributed by atoms with van der Waals surface area (Å²) in [6.45, 7) is 0.749. The molecule has 2 fully saturated rings. The maximum atomic E-state index is 13.7. The van der Waals surface area contributed by atoms with E-state index in [1.54, 1.807) is 36.0 Å². The fourth-order valence-corrected chi connectivity index (χ4v) is 5.63. The highest BCUT2D eigenvalue weighted by molar-refractivity contribution is 7.98. The van der Waals surface area contributed by atoms with Gasteiger partial charge in [0.15, 0.2) is 0 Å². The molecule has 0 N–H and O–H groups in total. The highest BCUT2D eigenvalue weighted by Gasteiger charge is 2.46. The van der Waals surface area contributed by atoms with E-state index in [2.05, 4.69) is 0 Å². The number of thioether (sulfide) groups is 1. The number of benzene rings is 1. The van der Waals surface area contributed by atoms with Crippen molar-refractivity contribution in [2.24, 2.45) is 5.92 Å². The van der Waals surface area contributed by atoms with Gasteiger partial charge in [-0.05, 0) is 62.2 Å². The number of carbonyl (C=O) groups is 3. The molecule has 0 radical (unpaired) electrons. The van der Waals surface area contributed by atoms with Gasteiger partial charge in [-0.25, -0.2) is 0 Å². The monoisotopic (exact) mass is 400 g/mol. The van der Waals surface area contributed by atoms with Crippen molar-refractivity contribution in [3.05, 3.63) is 35.4 Å². The summed E-state index contributed by atoms with van der Waals surface area (Å²) >= 11 is 1.64. The van der Waals surface area contributed by atoms with Crippen LogP contribution in [0.3, 0.4) is 0 Å². The quantitative estimate of drug-likeness (QED) is 0.709. The fourth-order valence-electron chi connectivity index (χ4n) is 5.17. The van der Waals surface area contributed by atoms with Crippen molar-refractivity contribution in [1.82, 2.24) is 9.80 Å². The van der Waals surface area contributed by atoms with Gasteiger partial charge in [-0.3, -0.25) is 19.3 Å². The number of rotatable bonds is 5. The third kappa shape index (κ3) is 3.36. The molecule has 5 nitrogen and oxygen atoms in total. The van der Waals surface area contributed by atoms with E-state index in [4.69, 9.17) is 0 Å². The maximum Gasteiger partial charge on any atom is 0.262 e. The third-order valence-corrected chi connectivity index (χ3v) is 7.19. The van der Waals surface area contributed by atoms with Gasteiger partial charge in [-0.2, -0.15) is 11.8 Å². The van der Waals surface area contributed by atoms with Crippen molar-refractivity contribution < 1.29 is 14.4 Å². The van der Waals surface area contributed by atoms with E-state index >= 15 is 0 Å². The molecule has 6 heteroatoms. The molecular formula is C22H28N2O3S. The minimum atomic E-state index is -0.694. The average molecular weight is 401 g/mol. The van der Waals surface area contributed by atoms with Gasteiger partial charge in [0.1, 0.15) is 6.04 Å². The Labute approximate surface area is 170 Å². The summed E-state index contributed by atoms with van der Waals surface area (Å²) in [5.41, 5.74) is 0.840. The lowest BCUT2D eigenvalue weighted by Gasteiger charge is -2.45. The normalized spacial score (nSPS) is 25.5. The molecule has 4 rings (SSSR count). The van der Waals surface area contributed by atoms with Crippen LogP contribution in [0.25, 0.3) is 0 Å². The van der Waals surface area contributed by atoms with Crippen molar-refractivity contribution in [3.8, 4) is 0 Å². The highest BCUT2D eigenvalue weighted by Crippen LogP contribution is 2.36.